The maximum absolute atomic E-state index is 10.2. The summed E-state index contributed by atoms with van der Waals surface area (Å²) in [6, 6.07) is 2.75. The van der Waals surface area contributed by atoms with Crippen LogP contribution in [0.25, 0.3) is 0 Å². The number of rotatable bonds is 2. The average molecular weight is 153 g/mol. The molecule has 58 valence electrons. The first kappa shape index (κ1) is 7.84. The number of hydrogen-bond donors (Lipinski definition) is 2. The molecule has 0 saturated heterocycles. The van der Waals surface area contributed by atoms with Crippen LogP contribution in [0.4, 0.5) is 0 Å². The number of carbonyl (C=O) groups is 1. The van der Waals surface area contributed by atoms with Gasteiger partial charge in [0.25, 0.3) is 0 Å². The molecule has 0 spiro atoms. The van der Waals surface area contributed by atoms with Crippen molar-refractivity contribution in [3.8, 4) is 0 Å². The molecular formula is C7H7NO3. The molecule has 0 aliphatic rings. The molecule has 0 bridgehead atoms. The van der Waals surface area contributed by atoms with Gasteiger partial charge in [-0.1, -0.05) is 0 Å². The zero-order valence-electron chi connectivity index (χ0n) is 5.64. The molecule has 0 aromatic carbocycles. The monoisotopic (exact) mass is 153 g/mol. The first-order valence-corrected chi connectivity index (χ1v) is 3.01. The van der Waals surface area contributed by atoms with Crippen molar-refractivity contribution in [3.63, 3.8) is 0 Å². The molecule has 0 radical (unpaired) electrons. The summed E-state index contributed by atoms with van der Waals surface area (Å²) in [7, 11) is 0. The summed E-state index contributed by atoms with van der Waals surface area (Å²) in [6.45, 7) is 0. The van der Waals surface area contributed by atoms with Crippen molar-refractivity contribution in [2.24, 2.45) is 0 Å². The van der Waals surface area contributed by atoms with Crippen LogP contribution in [0.15, 0.2) is 18.3 Å². The summed E-state index contributed by atoms with van der Waals surface area (Å²) < 4.78 is 0. The Balaban J connectivity index is 3.00. The van der Waals surface area contributed by atoms with Crippen molar-refractivity contribution in [2.75, 3.05) is 0 Å². The lowest BCUT2D eigenvalue weighted by Gasteiger charge is -2.01. The number of hydrogen-bond acceptors (Lipinski definition) is 4. The fourth-order valence-electron chi connectivity index (χ4n) is 0.691. The van der Waals surface area contributed by atoms with Gasteiger partial charge >= 0.3 is 0 Å². The third-order valence-corrected chi connectivity index (χ3v) is 1.22. The van der Waals surface area contributed by atoms with Gasteiger partial charge in [-0.2, -0.15) is 0 Å². The van der Waals surface area contributed by atoms with E-state index in [1.165, 1.54) is 18.3 Å². The van der Waals surface area contributed by atoms with Gasteiger partial charge in [0.05, 0.1) is 0 Å². The van der Waals surface area contributed by atoms with E-state index in [2.05, 4.69) is 4.98 Å². The molecule has 0 aliphatic carbocycles. The molecule has 0 atom stereocenters. The largest absolute Gasteiger partial charge is 0.364 e. The molecule has 0 saturated carbocycles. The molecule has 4 nitrogen and oxygen atoms in total. The van der Waals surface area contributed by atoms with Crippen LogP contribution in [0.2, 0.25) is 0 Å². The lowest BCUT2D eigenvalue weighted by Crippen LogP contribution is -1.97. The van der Waals surface area contributed by atoms with Crippen molar-refractivity contribution in [2.45, 2.75) is 6.29 Å². The van der Waals surface area contributed by atoms with E-state index >= 15 is 0 Å². The molecule has 11 heavy (non-hydrogen) atoms. The second-order valence-electron chi connectivity index (χ2n) is 2.01. The summed E-state index contributed by atoms with van der Waals surface area (Å²) in [6.07, 6.45) is 0.349. The minimum Gasteiger partial charge on any atom is -0.364 e. The SMILES string of the molecule is O=Cc1cc(C(O)O)ccn1. The maximum Gasteiger partial charge on any atom is 0.178 e. The fourth-order valence-corrected chi connectivity index (χ4v) is 0.691. The maximum atomic E-state index is 10.2. The number of aromatic nitrogens is 1. The van der Waals surface area contributed by atoms with Gasteiger partial charge in [0, 0.05) is 11.8 Å². The van der Waals surface area contributed by atoms with Crippen LogP contribution in [0.5, 0.6) is 0 Å². The molecule has 0 aliphatic heterocycles. The van der Waals surface area contributed by atoms with Gasteiger partial charge in [-0.05, 0) is 12.1 Å². The highest BCUT2D eigenvalue weighted by Crippen LogP contribution is 2.08. The van der Waals surface area contributed by atoms with Gasteiger partial charge in [-0.15, -0.1) is 0 Å². The molecule has 1 aromatic heterocycles. The molecule has 1 rings (SSSR count). The lowest BCUT2D eigenvalue weighted by molar-refractivity contribution is -0.0425. The minimum atomic E-state index is -1.54. The van der Waals surface area contributed by atoms with Crippen molar-refractivity contribution < 1.29 is 15.0 Å². The van der Waals surface area contributed by atoms with E-state index in [1.54, 1.807) is 0 Å². The number of pyridine rings is 1. The van der Waals surface area contributed by atoms with Crippen LogP contribution in [0, 0.1) is 0 Å². The fraction of sp³-hybridized carbons (Fsp3) is 0.143. The Morgan fingerprint density at radius 1 is 1.55 bits per heavy atom. The first-order valence-electron chi connectivity index (χ1n) is 3.01. The van der Waals surface area contributed by atoms with Gasteiger partial charge in [-0.25, -0.2) is 0 Å². The van der Waals surface area contributed by atoms with Gasteiger partial charge < -0.3 is 10.2 Å². The zero-order chi connectivity index (χ0) is 8.27. The smallest absolute Gasteiger partial charge is 0.178 e. The van der Waals surface area contributed by atoms with E-state index in [4.69, 9.17) is 10.2 Å². The van der Waals surface area contributed by atoms with E-state index in [-0.39, 0.29) is 11.3 Å². The minimum absolute atomic E-state index is 0.190. The van der Waals surface area contributed by atoms with E-state index in [0.29, 0.717) is 6.29 Å². The Morgan fingerprint density at radius 2 is 2.27 bits per heavy atom. The highest BCUT2D eigenvalue weighted by atomic mass is 16.5. The first-order chi connectivity index (χ1) is 5.24. The number of aliphatic hydroxyl groups is 2. The lowest BCUT2D eigenvalue weighted by atomic mass is 10.2. The van der Waals surface area contributed by atoms with Crippen LogP contribution >= 0.6 is 0 Å². The Hall–Kier alpha value is -1.26. The number of carbonyl (C=O) groups excluding carboxylic acids is 1. The Bertz CT molecular complexity index is 260. The number of aldehydes is 1. The van der Waals surface area contributed by atoms with Crippen LogP contribution in [0.3, 0.4) is 0 Å². The van der Waals surface area contributed by atoms with Crippen LogP contribution in [0.1, 0.15) is 22.3 Å². The predicted molar refractivity (Wildman–Crippen MR) is 36.8 cm³/mol. The van der Waals surface area contributed by atoms with E-state index in [1.807, 2.05) is 0 Å². The second-order valence-corrected chi connectivity index (χ2v) is 2.01. The van der Waals surface area contributed by atoms with Crippen LogP contribution in [-0.4, -0.2) is 21.5 Å². The third kappa shape index (κ3) is 1.83. The third-order valence-electron chi connectivity index (χ3n) is 1.22. The zero-order valence-corrected chi connectivity index (χ0v) is 5.64. The van der Waals surface area contributed by atoms with Crippen molar-refractivity contribution in [3.05, 3.63) is 29.6 Å². The Labute approximate surface area is 63.1 Å². The van der Waals surface area contributed by atoms with Gasteiger partial charge in [-0.3, -0.25) is 9.78 Å². The van der Waals surface area contributed by atoms with Gasteiger partial charge in [0.2, 0.25) is 0 Å². The average Bonchev–Trinajstić information content (AvgIpc) is 2.05. The van der Waals surface area contributed by atoms with Crippen LogP contribution in [-0.2, 0) is 0 Å². The molecule has 4 heteroatoms. The summed E-state index contributed by atoms with van der Waals surface area (Å²) >= 11 is 0. The van der Waals surface area contributed by atoms with Crippen LogP contribution < -0.4 is 0 Å². The van der Waals surface area contributed by atoms with Crippen molar-refractivity contribution in [1.82, 2.24) is 4.98 Å². The highest BCUT2D eigenvalue weighted by Gasteiger charge is 2.02. The van der Waals surface area contributed by atoms with E-state index in [0.717, 1.165) is 0 Å². The molecule has 0 amide bonds. The van der Waals surface area contributed by atoms with Crippen molar-refractivity contribution in [1.29, 1.82) is 0 Å². The summed E-state index contributed by atoms with van der Waals surface area (Å²) in [5.41, 5.74) is 0.456. The number of aliphatic hydroxyl groups excluding tert-OH is 1. The van der Waals surface area contributed by atoms with E-state index in [9.17, 15) is 4.79 Å². The second kappa shape index (κ2) is 3.23. The number of nitrogens with zero attached hydrogens (tertiary/aromatic N) is 1. The molecule has 1 heterocycles. The molecule has 1 aromatic rings. The standard InChI is InChI=1S/C7H7NO3/c9-4-6-3-5(7(10)11)1-2-8-6/h1-4,7,10-11H. The summed E-state index contributed by atoms with van der Waals surface area (Å²) in [5.74, 6) is 0. The topological polar surface area (TPSA) is 70.4 Å². The predicted octanol–water partition coefficient (Wildman–Crippen LogP) is -0.123. The molecule has 0 fully saturated rings. The van der Waals surface area contributed by atoms with Gasteiger partial charge in [0.1, 0.15) is 5.69 Å². The summed E-state index contributed by atoms with van der Waals surface area (Å²) in [4.78, 5) is 13.8. The highest BCUT2D eigenvalue weighted by molar-refractivity contribution is 5.71. The Morgan fingerprint density at radius 3 is 2.82 bits per heavy atom. The molecular weight excluding hydrogens is 146 g/mol. The molecule has 0 unspecified atom stereocenters. The van der Waals surface area contributed by atoms with E-state index < -0.39 is 6.29 Å². The summed E-state index contributed by atoms with van der Waals surface area (Å²) in [5, 5.41) is 17.3. The Kier molecular flexibility index (Phi) is 2.30. The normalized spacial score (nSPS) is 10.1. The molecule has 2 N–H and O–H groups in total. The quantitative estimate of drug-likeness (QED) is 0.459. The van der Waals surface area contributed by atoms with Gasteiger partial charge in [0.15, 0.2) is 12.6 Å². The van der Waals surface area contributed by atoms with Crippen molar-refractivity contribution >= 4 is 6.29 Å².